The predicted molar refractivity (Wildman–Crippen MR) is 62.0 cm³/mol. The highest BCUT2D eigenvalue weighted by atomic mass is 16.3. The molecule has 1 saturated heterocycles. The Labute approximate surface area is 96.2 Å². The molecule has 16 heavy (non-hydrogen) atoms. The Morgan fingerprint density at radius 3 is 2.88 bits per heavy atom. The molecule has 1 atom stereocenters. The minimum atomic E-state index is -0.0465. The fourth-order valence-electron chi connectivity index (χ4n) is 2.70. The largest absolute Gasteiger partial charge is 0.472 e. The molecule has 1 N–H and O–H groups in total. The Hall–Kier alpha value is -1.25. The Kier molecular flexibility index (Phi) is 3.03. The monoisotopic (exact) mass is 221 g/mol. The molecule has 0 aromatic carbocycles. The summed E-state index contributed by atoms with van der Waals surface area (Å²) in [7, 11) is 0. The molecule has 1 aromatic rings. The molecule has 3 nitrogen and oxygen atoms in total. The maximum Gasteiger partial charge on any atom is 0.220 e. The molecule has 88 valence electrons. The number of rotatable bonds is 4. The van der Waals surface area contributed by atoms with E-state index in [4.69, 9.17) is 4.42 Å². The van der Waals surface area contributed by atoms with Gasteiger partial charge in [-0.1, -0.05) is 13.8 Å². The summed E-state index contributed by atoms with van der Waals surface area (Å²) in [5.74, 6) is 0.773. The minimum absolute atomic E-state index is 0.0465. The first-order valence-electron chi connectivity index (χ1n) is 5.92. The van der Waals surface area contributed by atoms with E-state index in [0.29, 0.717) is 12.3 Å². The standard InChI is InChI=1S/C13H19NO2/c1-10(2)7-13(5-3-12(15)14-13)8-11-4-6-16-9-11/h4,6,9-10H,3,5,7-8H2,1-2H3,(H,14,15). The number of amides is 1. The van der Waals surface area contributed by atoms with E-state index in [2.05, 4.69) is 19.2 Å². The van der Waals surface area contributed by atoms with Crippen LogP contribution in [0.25, 0.3) is 0 Å². The zero-order chi connectivity index (χ0) is 11.6. The van der Waals surface area contributed by atoms with E-state index in [1.165, 1.54) is 5.56 Å². The van der Waals surface area contributed by atoms with E-state index >= 15 is 0 Å². The van der Waals surface area contributed by atoms with Crippen molar-refractivity contribution in [2.24, 2.45) is 5.92 Å². The Morgan fingerprint density at radius 2 is 2.38 bits per heavy atom. The normalized spacial score (nSPS) is 25.1. The fraction of sp³-hybridized carbons (Fsp3) is 0.615. The summed E-state index contributed by atoms with van der Waals surface area (Å²) in [5.41, 5.74) is 1.12. The fourth-order valence-corrected chi connectivity index (χ4v) is 2.70. The Bertz CT molecular complexity index is 356. The van der Waals surface area contributed by atoms with Gasteiger partial charge in [0.2, 0.25) is 5.91 Å². The molecular formula is C13H19NO2. The Morgan fingerprint density at radius 1 is 1.56 bits per heavy atom. The highest BCUT2D eigenvalue weighted by Gasteiger charge is 2.38. The van der Waals surface area contributed by atoms with Crippen LogP contribution in [0.2, 0.25) is 0 Å². The maximum atomic E-state index is 11.4. The molecule has 1 aliphatic rings. The van der Waals surface area contributed by atoms with E-state index in [1.807, 2.05) is 6.07 Å². The van der Waals surface area contributed by atoms with Crippen molar-refractivity contribution in [3.05, 3.63) is 24.2 Å². The van der Waals surface area contributed by atoms with Crippen molar-refractivity contribution in [1.82, 2.24) is 5.32 Å². The molecule has 0 aliphatic carbocycles. The zero-order valence-corrected chi connectivity index (χ0v) is 9.95. The lowest BCUT2D eigenvalue weighted by Crippen LogP contribution is -2.44. The molecule has 3 heteroatoms. The summed E-state index contributed by atoms with van der Waals surface area (Å²) >= 11 is 0. The van der Waals surface area contributed by atoms with Crippen molar-refractivity contribution in [3.8, 4) is 0 Å². The molecule has 0 saturated carbocycles. The van der Waals surface area contributed by atoms with Crippen molar-refractivity contribution in [2.75, 3.05) is 0 Å². The van der Waals surface area contributed by atoms with E-state index in [1.54, 1.807) is 12.5 Å². The van der Waals surface area contributed by atoms with Crippen LogP contribution in [-0.2, 0) is 11.2 Å². The van der Waals surface area contributed by atoms with E-state index in [9.17, 15) is 4.79 Å². The van der Waals surface area contributed by atoms with Crippen LogP contribution in [0.3, 0.4) is 0 Å². The highest BCUT2D eigenvalue weighted by molar-refractivity contribution is 5.79. The first kappa shape index (κ1) is 11.2. The topological polar surface area (TPSA) is 42.2 Å². The predicted octanol–water partition coefficient (Wildman–Crippen LogP) is 2.52. The summed E-state index contributed by atoms with van der Waals surface area (Å²) in [6.45, 7) is 4.39. The molecule has 0 radical (unpaired) electrons. The highest BCUT2D eigenvalue weighted by Crippen LogP contribution is 2.31. The van der Waals surface area contributed by atoms with Crippen molar-refractivity contribution in [2.45, 2.75) is 45.1 Å². The molecule has 1 amide bonds. The van der Waals surface area contributed by atoms with Gasteiger partial charge in [0.25, 0.3) is 0 Å². The number of carbonyl (C=O) groups is 1. The second-order valence-electron chi connectivity index (χ2n) is 5.23. The third-order valence-corrected chi connectivity index (χ3v) is 3.16. The number of furan rings is 1. The van der Waals surface area contributed by atoms with Crippen LogP contribution in [0, 0.1) is 5.92 Å². The smallest absolute Gasteiger partial charge is 0.220 e. The third kappa shape index (κ3) is 2.46. The van der Waals surface area contributed by atoms with Crippen molar-refractivity contribution >= 4 is 5.91 Å². The first-order valence-corrected chi connectivity index (χ1v) is 5.92. The van der Waals surface area contributed by atoms with E-state index < -0.39 is 0 Å². The van der Waals surface area contributed by atoms with Gasteiger partial charge < -0.3 is 9.73 Å². The molecule has 0 bridgehead atoms. The second kappa shape index (κ2) is 4.32. The van der Waals surface area contributed by atoms with Gasteiger partial charge in [-0.25, -0.2) is 0 Å². The van der Waals surface area contributed by atoms with Crippen molar-refractivity contribution in [1.29, 1.82) is 0 Å². The second-order valence-corrected chi connectivity index (χ2v) is 5.23. The molecule has 1 unspecified atom stereocenters. The van der Waals surface area contributed by atoms with Crippen molar-refractivity contribution < 1.29 is 9.21 Å². The SMILES string of the molecule is CC(C)CC1(Cc2ccoc2)CCC(=O)N1. The maximum absolute atomic E-state index is 11.4. The van der Waals surface area contributed by atoms with Gasteiger partial charge in [-0.15, -0.1) is 0 Å². The summed E-state index contributed by atoms with van der Waals surface area (Å²) < 4.78 is 5.09. The van der Waals surface area contributed by atoms with Crippen LogP contribution in [0.1, 0.15) is 38.7 Å². The van der Waals surface area contributed by atoms with Crippen molar-refractivity contribution in [3.63, 3.8) is 0 Å². The van der Waals surface area contributed by atoms with Gasteiger partial charge in [0, 0.05) is 12.0 Å². The van der Waals surface area contributed by atoms with Gasteiger partial charge in [0.1, 0.15) is 0 Å². The molecule has 1 aliphatic heterocycles. The summed E-state index contributed by atoms with van der Waals surface area (Å²) in [4.78, 5) is 11.4. The lowest BCUT2D eigenvalue weighted by molar-refractivity contribution is -0.119. The lowest BCUT2D eigenvalue weighted by Gasteiger charge is -2.30. The van der Waals surface area contributed by atoms with Gasteiger partial charge in [-0.2, -0.15) is 0 Å². The van der Waals surface area contributed by atoms with Gasteiger partial charge in [-0.05, 0) is 36.8 Å². The zero-order valence-electron chi connectivity index (χ0n) is 9.95. The number of nitrogens with one attached hydrogen (secondary N) is 1. The third-order valence-electron chi connectivity index (χ3n) is 3.16. The van der Waals surface area contributed by atoms with Crippen LogP contribution >= 0.6 is 0 Å². The molecule has 1 fully saturated rings. The molecule has 0 spiro atoms. The molecule has 2 heterocycles. The van der Waals surface area contributed by atoms with E-state index in [0.717, 1.165) is 19.3 Å². The molecule has 2 rings (SSSR count). The summed E-state index contributed by atoms with van der Waals surface area (Å²) in [6, 6.07) is 1.98. The van der Waals surface area contributed by atoms with Gasteiger partial charge >= 0.3 is 0 Å². The summed E-state index contributed by atoms with van der Waals surface area (Å²) in [5, 5.41) is 3.16. The van der Waals surface area contributed by atoms with Gasteiger partial charge in [0.15, 0.2) is 0 Å². The lowest BCUT2D eigenvalue weighted by atomic mass is 9.83. The quantitative estimate of drug-likeness (QED) is 0.848. The van der Waals surface area contributed by atoms with Crippen LogP contribution in [0.4, 0.5) is 0 Å². The number of carbonyl (C=O) groups excluding carboxylic acids is 1. The van der Waals surface area contributed by atoms with Crippen LogP contribution in [0.5, 0.6) is 0 Å². The number of hydrogen-bond acceptors (Lipinski definition) is 2. The first-order chi connectivity index (χ1) is 7.60. The van der Waals surface area contributed by atoms with Crippen LogP contribution in [0.15, 0.2) is 23.0 Å². The van der Waals surface area contributed by atoms with Crippen LogP contribution < -0.4 is 5.32 Å². The minimum Gasteiger partial charge on any atom is -0.472 e. The summed E-state index contributed by atoms with van der Waals surface area (Å²) in [6.07, 6.45) is 6.97. The average molecular weight is 221 g/mol. The number of hydrogen-bond donors (Lipinski definition) is 1. The van der Waals surface area contributed by atoms with Gasteiger partial charge in [-0.3, -0.25) is 4.79 Å². The van der Waals surface area contributed by atoms with Crippen LogP contribution in [-0.4, -0.2) is 11.4 Å². The van der Waals surface area contributed by atoms with Gasteiger partial charge in [0.05, 0.1) is 12.5 Å². The van der Waals surface area contributed by atoms with E-state index in [-0.39, 0.29) is 11.4 Å². The average Bonchev–Trinajstić information content (AvgIpc) is 2.76. The Balaban J connectivity index is 2.11. The molecular weight excluding hydrogens is 202 g/mol. The molecule has 1 aromatic heterocycles.